The Morgan fingerprint density at radius 3 is 2.68 bits per heavy atom. The van der Waals surface area contributed by atoms with Crippen molar-refractivity contribution in [2.24, 2.45) is 5.92 Å². The van der Waals surface area contributed by atoms with Crippen LogP contribution in [0.5, 0.6) is 5.75 Å². The van der Waals surface area contributed by atoms with Gasteiger partial charge in [-0.25, -0.2) is 4.39 Å². The zero-order chi connectivity index (χ0) is 22.1. The lowest BCUT2D eigenvalue weighted by molar-refractivity contribution is 0.0694. The molecule has 3 aliphatic rings. The van der Waals surface area contributed by atoms with Crippen LogP contribution in [0.2, 0.25) is 5.02 Å². The lowest BCUT2D eigenvalue weighted by Crippen LogP contribution is -2.52. The molecule has 0 saturated heterocycles. The Labute approximate surface area is 182 Å². The number of carbonyl (C=O) groups excluding carboxylic acids is 2. The van der Waals surface area contributed by atoms with E-state index in [0.29, 0.717) is 24.1 Å². The highest BCUT2D eigenvalue weighted by atomic mass is 35.5. The number of fused-ring (bicyclic) bond motifs is 3. The fourth-order valence-electron chi connectivity index (χ4n) is 4.98. The Morgan fingerprint density at radius 1 is 1.29 bits per heavy atom. The molecule has 9 heteroatoms. The number of nitrogens with zero attached hydrogens (tertiary/aromatic N) is 2. The summed E-state index contributed by atoms with van der Waals surface area (Å²) in [5, 5.41) is 13.6. The van der Waals surface area contributed by atoms with Crippen LogP contribution in [0.4, 0.5) is 4.39 Å². The van der Waals surface area contributed by atoms with E-state index in [1.807, 2.05) is 0 Å². The molecule has 1 aliphatic carbocycles. The van der Waals surface area contributed by atoms with Crippen LogP contribution >= 0.6 is 11.6 Å². The number of benzene rings is 1. The predicted octanol–water partition coefficient (Wildman–Crippen LogP) is 2.76. The summed E-state index contributed by atoms with van der Waals surface area (Å²) >= 11 is 5.84. The minimum absolute atomic E-state index is 0.0479. The molecule has 2 aliphatic heterocycles. The lowest BCUT2D eigenvalue weighted by Gasteiger charge is -2.41. The highest BCUT2D eigenvalue weighted by Crippen LogP contribution is 2.43. The molecule has 1 atom stereocenters. The third kappa shape index (κ3) is 2.81. The van der Waals surface area contributed by atoms with Gasteiger partial charge in [-0.05, 0) is 43.9 Å². The number of nitrogens with one attached hydrogen (secondary N) is 1. The number of hydrogen-bond donors (Lipinski definition) is 2. The molecule has 2 amide bonds. The second kappa shape index (κ2) is 6.82. The number of hydrogen-bond acceptors (Lipinski definition) is 4. The summed E-state index contributed by atoms with van der Waals surface area (Å²) in [7, 11) is 0. The van der Waals surface area contributed by atoms with Crippen LogP contribution in [-0.2, 0) is 18.6 Å². The number of aromatic nitrogens is 1. The third-order valence-electron chi connectivity index (χ3n) is 6.89. The largest absolute Gasteiger partial charge is 0.502 e. The van der Waals surface area contributed by atoms with E-state index < -0.39 is 34.6 Å². The zero-order valence-electron chi connectivity index (χ0n) is 16.9. The highest BCUT2D eigenvalue weighted by Gasteiger charge is 2.50. The summed E-state index contributed by atoms with van der Waals surface area (Å²) in [5.74, 6) is -2.01. The van der Waals surface area contributed by atoms with E-state index in [1.54, 1.807) is 6.92 Å². The summed E-state index contributed by atoms with van der Waals surface area (Å²) in [6, 6.07) is 4.19. The van der Waals surface area contributed by atoms with Gasteiger partial charge in [-0.2, -0.15) is 0 Å². The van der Waals surface area contributed by atoms with Crippen molar-refractivity contribution in [2.75, 3.05) is 6.54 Å². The van der Waals surface area contributed by atoms with Gasteiger partial charge in [-0.1, -0.05) is 24.1 Å². The summed E-state index contributed by atoms with van der Waals surface area (Å²) in [6.07, 6.45) is 3.10. The first-order valence-electron chi connectivity index (χ1n) is 10.3. The molecule has 0 bridgehead atoms. The van der Waals surface area contributed by atoms with Crippen molar-refractivity contribution >= 4 is 23.4 Å². The Kier molecular flexibility index (Phi) is 4.41. The molecule has 1 aromatic heterocycles. The van der Waals surface area contributed by atoms with Gasteiger partial charge in [0.15, 0.2) is 5.75 Å². The summed E-state index contributed by atoms with van der Waals surface area (Å²) in [4.78, 5) is 40.7. The Morgan fingerprint density at radius 2 is 2.03 bits per heavy atom. The molecule has 162 valence electrons. The van der Waals surface area contributed by atoms with Crippen LogP contribution < -0.4 is 10.9 Å². The van der Waals surface area contributed by atoms with Crippen LogP contribution in [0, 0.1) is 11.7 Å². The molecule has 2 aromatic rings. The summed E-state index contributed by atoms with van der Waals surface area (Å²) < 4.78 is 14.8. The summed E-state index contributed by atoms with van der Waals surface area (Å²) in [5.41, 5.74) is -0.568. The molecule has 5 rings (SSSR count). The SMILES string of the molecule is CC1(C2CCC2)NC(=O)c2c3c(c(O)c(=O)n21)C(=O)N(Cc1ccc(F)c(Cl)c1)CC3. The monoisotopic (exact) mass is 445 g/mol. The predicted molar refractivity (Wildman–Crippen MR) is 111 cm³/mol. The van der Waals surface area contributed by atoms with Crippen molar-refractivity contribution in [3.05, 3.63) is 61.8 Å². The van der Waals surface area contributed by atoms with Crippen LogP contribution in [0.25, 0.3) is 0 Å². The maximum absolute atomic E-state index is 13.4. The average Bonchev–Trinajstić information content (AvgIpc) is 2.93. The van der Waals surface area contributed by atoms with Crippen LogP contribution in [0.1, 0.15) is 58.2 Å². The van der Waals surface area contributed by atoms with Crippen LogP contribution in [-0.4, -0.2) is 32.9 Å². The number of amides is 2. The second-order valence-corrected chi connectivity index (χ2v) is 9.05. The molecule has 0 spiro atoms. The topological polar surface area (TPSA) is 91.6 Å². The van der Waals surface area contributed by atoms with E-state index >= 15 is 0 Å². The number of carbonyl (C=O) groups is 2. The minimum atomic E-state index is -0.903. The quantitative estimate of drug-likeness (QED) is 0.760. The standard InChI is InChI=1S/C22H21ClFN3O4/c1-22(12-3-2-4-12)25-19(29)17-13-7-8-26(10-11-5-6-15(24)14(23)9-11)20(30)16(13)18(28)21(31)27(17)22/h5-6,9,12,28H,2-4,7-8,10H2,1H3,(H,25,29). The van der Waals surface area contributed by atoms with E-state index in [2.05, 4.69) is 5.32 Å². The smallest absolute Gasteiger partial charge is 0.296 e. The van der Waals surface area contributed by atoms with E-state index in [4.69, 9.17) is 11.6 Å². The van der Waals surface area contributed by atoms with Gasteiger partial charge in [0.05, 0.1) is 10.6 Å². The van der Waals surface area contributed by atoms with Crippen molar-refractivity contribution in [2.45, 2.75) is 44.8 Å². The Balaban J connectivity index is 1.57. The molecule has 1 fully saturated rings. The molecular weight excluding hydrogens is 425 g/mol. The minimum Gasteiger partial charge on any atom is -0.502 e. The molecule has 3 heterocycles. The van der Waals surface area contributed by atoms with Crippen molar-refractivity contribution in [1.82, 2.24) is 14.8 Å². The van der Waals surface area contributed by atoms with Gasteiger partial charge >= 0.3 is 0 Å². The van der Waals surface area contributed by atoms with Gasteiger partial charge in [0.25, 0.3) is 17.4 Å². The van der Waals surface area contributed by atoms with Crippen molar-refractivity contribution in [3.8, 4) is 5.75 Å². The first-order chi connectivity index (χ1) is 14.7. The lowest BCUT2D eigenvalue weighted by atomic mass is 9.76. The van der Waals surface area contributed by atoms with Gasteiger partial charge in [0.1, 0.15) is 17.2 Å². The normalized spacial score (nSPS) is 22.7. The van der Waals surface area contributed by atoms with Gasteiger partial charge in [-0.3, -0.25) is 19.0 Å². The van der Waals surface area contributed by atoms with E-state index in [9.17, 15) is 23.9 Å². The van der Waals surface area contributed by atoms with Crippen molar-refractivity contribution in [1.29, 1.82) is 0 Å². The maximum Gasteiger partial charge on any atom is 0.296 e. The molecule has 1 unspecified atom stereocenters. The molecule has 1 aromatic carbocycles. The van der Waals surface area contributed by atoms with Gasteiger partial charge in [-0.15, -0.1) is 0 Å². The fraction of sp³-hybridized carbons (Fsp3) is 0.409. The van der Waals surface area contributed by atoms with Crippen molar-refractivity contribution < 1.29 is 19.1 Å². The van der Waals surface area contributed by atoms with E-state index in [0.717, 1.165) is 19.3 Å². The average molecular weight is 446 g/mol. The third-order valence-corrected chi connectivity index (χ3v) is 7.18. The molecule has 1 saturated carbocycles. The number of aromatic hydroxyl groups is 1. The van der Waals surface area contributed by atoms with Crippen LogP contribution in [0.3, 0.4) is 0 Å². The first kappa shape index (κ1) is 20.1. The molecular formula is C22H21ClFN3O4. The van der Waals surface area contributed by atoms with E-state index in [-0.39, 0.29) is 28.7 Å². The molecule has 2 N–H and O–H groups in total. The summed E-state index contributed by atoms with van der Waals surface area (Å²) in [6.45, 7) is 2.23. The first-order valence-corrected chi connectivity index (χ1v) is 10.7. The Hall–Kier alpha value is -2.87. The number of rotatable bonds is 3. The van der Waals surface area contributed by atoms with Gasteiger partial charge < -0.3 is 15.3 Å². The number of pyridine rings is 1. The molecule has 31 heavy (non-hydrogen) atoms. The highest BCUT2D eigenvalue weighted by molar-refractivity contribution is 6.30. The molecule has 7 nitrogen and oxygen atoms in total. The van der Waals surface area contributed by atoms with Crippen molar-refractivity contribution in [3.63, 3.8) is 0 Å². The second-order valence-electron chi connectivity index (χ2n) is 8.65. The Bertz CT molecular complexity index is 1210. The zero-order valence-corrected chi connectivity index (χ0v) is 17.6. The molecule has 0 radical (unpaired) electrons. The van der Waals surface area contributed by atoms with Gasteiger partial charge in [0, 0.05) is 24.6 Å². The van der Waals surface area contributed by atoms with Crippen LogP contribution in [0.15, 0.2) is 23.0 Å². The van der Waals surface area contributed by atoms with Gasteiger partial charge in [0.2, 0.25) is 0 Å². The fourth-order valence-corrected chi connectivity index (χ4v) is 5.18. The number of halogens is 2. The maximum atomic E-state index is 13.4. The van der Waals surface area contributed by atoms with E-state index in [1.165, 1.54) is 27.7 Å².